The largest absolute Gasteiger partial charge is 0.370 e. The summed E-state index contributed by atoms with van der Waals surface area (Å²) in [6, 6.07) is 2.02. The molecule has 0 saturated heterocycles. The number of hydrogen-bond donors (Lipinski definition) is 1. The van der Waals surface area contributed by atoms with Crippen LogP contribution < -0.4 is 5.32 Å². The first-order valence-corrected chi connectivity index (χ1v) is 7.38. The zero-order valence-electron chi connectivity index (χ0n) is 13.8. The van der Waals surface area contributed by atoms with Gasteiger partial charge in [-0.1, -0.05) is 20.8 Å². The van der Waals surface area contributed by atoms with E-state index in [1.165, 1.54) is 0 Å². The molecular weight excluding hydrogens is 260 g/mol. The van der Waals surface area contributed by atoms with Crippen molar-refractivity contribution in [3.8, 4) is 11.3 Å². The number of pyridine rings is 1. The lowest BCUT2D eigenvalue weighted by atomic mass is 9.94. The Balaban J connectivity index is 2.70. The highest BCUT2D eigenvalue weighted by Gasteiger charge is 2.22. The molecule has 2 aromatic rings. The van der Waals surface area contributed by atoms with Crippen molar-refractivity contribution in [1.82, 2.24) is 15.0 Å². The highest BCUT2D eigenvalue weighted by atomic mass is 15.0. The molecule has 2 rings (SSSR count). The van der Waals surface area contributed by atoms with Crippen molar-refractivity contribution in [2.45, 2.75) is 47.0 Å². The number of anilines is 1. The van der Waals surface area contributed by atoms with E-state index >= 15 is 0 Å². The van der Waals surface area contributed by atoms with Gasteiger partial charge < -0.3 is 5.32 Å². The second-order valence-electron chi connectivity index (χ2n) is 6.34. The van der Waals surface area contributed by atoms with E-state index in [0.717, 1.165) is 40.6 Å². The summed E-state index contributed by atoms with van der Waals surface area (Å²) in [4.78, 5) is 13.7. The van der Waals surface area contributed by atoms with E-state index in [0.29, 0.717) is 0 Å². The predicted octanol–water partition coefficient (Wildman–Crippen LogP) is 3.88. The van der Waals surface area contributed by atoms with Gasteiger partial charge >= 0.3 is 0 Å². The van der Waals surface area contributed by atoms with Gasteiger partial charge in [0.1, 0.15) is 11.6 Å². The number of nitrogens with one attached hydrogen (secondary N) is 1. The fourth-order valence-electron chi connectivity index (χ4n) is 2.19. The van der Waals surface area contributed by atoms with Gasteiger partial charge in [-0.25, -0.2) is 9.97 Å². The monoisotopic (exact) mass is 284 g/mol. The molecule has 0 bridgehead atoms. The van der Waals surface area contributed by atoms with Crippen molar-refractivity contribution in [3.05, 3.63) is 35.4 Å². The Labute approximate surface area is 127 Å². The maximum absolute atomic E-state index is 4.84. The topological polar surface area (TPSA) is 50.7 Å². The number of nitrogens with zero attached hydrogens (tertiary/aromatic N) is 3. The summed E-state index contributed by atoms with van der Waals surface area (Å²) in [6.45, 7) is 13.5. The van der Waals surface area contributed by atoms with Crippen LogP contribution in [0.25, 0.3) is 11.3 Å². The van der Waals surface area contributed by atoms with Gasteiger partial charge in [0.05, 0.1) is 5.69 Å². The molecule has 0 radical (unpaired) electrons. The first-order chi connectivity index (χ1) is 9.84. The van der Waals surface area contributed by atoms with Crippen LogP contribution >= 0.6 is 0 Å². The lowest BCUT2D eigenvalue weighted by molar-refractivity contribution is 0.546. The summed E-state index contributed by atoms with van der Waals surface area (Å²) in [7, 11) is 0. The molecule has 4 nitrogen and oxygen atoms in total. The van der Waals surface area contributed by atoms with Crippen LogP contribution in [-0.4, -0.2) is 21.5 Å². The molecule has 0 amide bonds. The second kappa shape index (κ2) is 5.80. The molecule has 0 aliphatic rings. The number of hydrogen-bond acceptors (Lipinski definition) is 4. The van der Waals surface area contributed by atoms with Gasteiger partial charge in [0.2, 0.25) is 0 Å². The van der Waals surface area contributed by atoms with Gasteiger partial charge in [0.15, 0.2) is 0 Å². The van der Waals surface area contributed by atoms with E-state index in [1.54, 1.807) is 0 Å². The Morgan fingerprint density at radius 3 is 2.43 bits per heavy atom. The Morgan fingerprint density at radius 1 is 1.14 bits per heavy atom. The van der Waals surface area contributed by atoms with Crippen molar-refractivity contribution in [2.24, 2.45) is 0 Å². The summed E-state index contributed by atoms with van der Waals surface area (Å²) in [5.74, 6) is 1.78. The van der Waals surface area contributed by atoms with Crippen LogP contribution in [0.5, 0.6) is 0 Å². The van der Waals surface area contributed by atoms with E-state index < -0.39 is 0 Å². The average molecular weight is 284 g/mol. The predicted molar refractivity (Wildman–Crippen MR) is 87.6 cm³/mol. The molecule has 0 aromatic carbocycles. The molecule has 1 N–H and O–H groups in total. The zero-order valence-corrected chi connectivity index (χ0v) is 13.8. The molecule has 21 heavy (non-hydrogen) atoms. The number of rotatable bonds is 3. The lowest BCUT2D eigenvalue weighted by Gasteiger charge is -2.21. The molecule has 0 spiro atoms. The summed E-state index contributed by atoms with van der Waals surface area (Å²) >= 11 is 0. The number of aromatic nitrogens is 3. The van der Waals surface area contributed by atoms with Crippen LogP contribution in [0, 0.1) is 13.8 Å². The van der Waals surface area contributed by atoms with E-state index in [4.69, 9.17) is 9.97 Å². The van der Waals surface area contributed by atoms with E-state index in [9.17, 15) is 0 Å². The SMILES string of the molecule is CCNc1nc(C(C)(C)C)nc(-c2ccncc2C)c1C. The standard InChI is InChI=1S/C17H24N4/c1-7-19-15-12(3)14(13-8-9-18-10-11(13)2)20-16(21-15)17(4,5)6/h8-10H,7H2,1-6H3,(H,19,20,21). The maximum atomic E-state index is 4.84. The minimum atomic E-state index is -0.0897. The summed E-state index contributed by atoms with van der Waals surface area (Å²) in [5, 5.41) is 3.35. The average Bonchev–Trinajstić information content (AvgIpc) is 2.41. The molecule has 0 aliphatic heterocycles. The number of aryl methyl sites for hydroxylation is 1. The Kier molecular flexibility index (Phi) is 4.26. The van der Waals surface area contributed by atoms with E-state index in [2.05, 4.69) is 51.8 Å². The molecule has 2 heterocycles. The highest BCUT2D eigenvalue weighted by Crippen LogP contribution is 2.30. The first kappa shape index (κ1) is 15.4. The third-order valence-corrected chi connectivity index (χ3v) is 3.44. The molecule has 112 valence electrons. The van der Waals surface area contributed by atoms with Crippen LogP contribution in [0.2, 0.25) is 0 Å². The summed E-state index contributed by atoms with van der Waals surface area (Å²) < 4.78 is 0. The fourth-order valence-corrected chi connectivity index (χ4v) is 2.19. The molecular formula is C17H24N4. The molecule has 0 unspecified atom stereocenters. The van der Waals surface area contributed by atoms with Gasteiger partial charge in [0, 0.05) is 35.5 Å². The van der Waals surface area contributed by atoms with Crippen LogP contribution in [0.1, 0.15) is 44.6 Å². The lowest BCUT2D eigenvalue weighted by Crippen LogP contribution is -2.19. The molecule has 0 fully saturated rings. The van der Waals surface area contributed by atoms with Crippen LogP contribution in [-0.2, 0) is 5.41 Å². The van der Waals surface area contributed by atoms with Crippen molar-refractivity contribution in [3.63, 3.8) is 0 Å². The van der Waals surface area contributed by atoms with Gasteiger partial charge in [-0.15, -0.1) is 0 Å². The maximum Gasteiger partial charge on any atom is 0.136 e. The normalized spacial score (nSPS) is 11.5. The van der Waals surface area contributed by atoms with Crippen molar-refractivity contribution < 1.29 is 0 Å². The van der Waals surface area contributed by atoms with Crippen molar-refractivity contribution in [2.75, 3.05) is 11.9 Å². The van der Waals surface area contributed by atoms with Crippen LogP contribution in [0.3, 0.4) is 0 Å². The van der Waals surface area contributed by atoms with Gasteiger partial charge in [-0.2, -0.15) is 0 Å². The van der Waals surface area contributed by atoms with Gasteiger partial charge in [0.25, 0.3) is 0 Å². The van der Waals surface area contributed by atoms with Gasteiger partial charge in [-0.05, 0) is 32.4 Å². The van der Waals surface area contributed by atoms with Crippen molar-refractivity contribution >= 4 is 5.82 Å². The molecule has 0 aliphatic carbocycles. The zero-order chi connectivity index (χ0) is 15.6. The molecule has 0 saturated carbocycles. The summed E-state index contributed by atoms with van der Waals surface area (Å²) in [6.07, 6.45) is 3.69. The Bertz CT molecular complexity index is 642. The minimum absolute atomic E-state index is 0.0897. The fraction of sp³-hybridized carbons (Fsp3) is 0.471. The second-order valence-corrected chi connectivity index (χ2v) is 6.34. The smallest absolute Gasteiger partial charge is 0.136 e. The molecule has 0 atom stereocenters. The van der Waals surface area contributed by atoms with Gasteiger partial charge in [-0.3, -0.25) is 4.98 Å². The van der Waals surface area contributed by atoms with Crippen molar-refractivity contribution in [1.29, 1.82) is 0 Å². The third-order valence-electron chi connectivity index (χ3n) is 3.44. The van der Waals surface area contributed by atoms with E-state index in [-0.39, 0.29) is 5.41 Å². The molecule has 4 heteroatoms. The summed E-state index contributed by atoms with van der Waals surface area (Å²) in [5.41, 5.74) is 4.23. The third kappa shape index (κ3) is 3.20. The quantitative estimate of drug-likeness (QED) is 0.929. The first-order valence-electron chi connectivity index (χ1n) is 7.38. The highest BCUT2D eigenvalue weighted by molar-refractivity contribution is 5.70. The Morgan fingerprint density at radius 2 is 1.86 bits per heavy atom. The molecule has 2 aromatic heterocycles. The van der Waals surface area contributed by atoms with Crippen LogP contribution in [0.15, 0.2) is 18.5 Å². The van der Waals surface area contributed by atoms with E-state index in [1.807, 2.05) is 18.5 Å². The minimum Gasteiger partial charge on any atom is -0.370 e. The Hall–Kier alpha value is -1.97. The van der Waals surface area contributed by atoms with Crippen LogP contribution in [0.4, 0.5) is 5.82 Å².